The van der Waals surface area contributed by atoms with Crippen LogP contribution in [0.25, 0.3) is 11.4 Å². The van der Waals surface area contributed by atoms with Gasteiger partial charge in [0.2, 0.25) is 17.6 Å². The van der Waals surface area contributed by atoms with E-state index in [0.29, 0.717) is 16.7 Å². The largest absolute Gasteiger partial charge is 0.339 e. The molecule has 1 heterocycles. The van der Waals surface area contributed by atoms with Gasteiger partial charge in [0, 0.05) is 23.4 Å². The van der Waals surface area contributed by atoms with Crippen molar-refractivity contribution in [2.24, 2.45) is 0 Å². The number of carbonyl (C=O) groups excluding carboxylic acids is 1. The molecule has 0 unspecified atom stereocenters. The molecule has 0 aliphatic rings. The average molecular weight is 346 g/mol. The van der Waals surface area contributed by atoms with Gasteiger partial charge in [-0.1, -0.05) is 47.1 Å². The van der Waals surface area contributed by atoms with Crippen molar-refractivity contribution in [3.63, 3.8) is 0 Å². The summed E-state index contributed by atoms with van der Waals surface area (Å²) in [6.07, 6.45) is 0.343. The molecule has 0 saturated heterocycles. The number of aryl methyl sites for hydroxylation is 1. The van der Waals surface area contributed by atoms with Crippen molar-refractivity contribution in [1.82, 2.24) is 10.1 Å². The van der Waals surface area contributed by atoms with E-state index >= 15 is 0 Å². The molecule has 0 atom stereocenters. The Labute approximate surface area is 142 Å². The van der Waals surface area contributed by atoms with Gasteiger partial charge in [-0.05, 0) is 18.2 Å². The molecule has 0 aliphatic carbocycles. The minimum Gasteiger partial charge on any atom is -0.339 e. The maximum absolute atomic E-state index is 13.6. The number of hydrogen-bond acceptors (Lipinski definition) is 4. The van der Waals surface area contributed by atoms with Crippen LogP contribution in [-0.2, 0) is 11.2 Å². The summed E-state index contributed by atoms with van der Waals surface area (Å²) in [5.41, 5.74) is 0.876. The molecule has 1 aromatic heterocycles. The second kappa shape index (κ2) is 7.23. The number of halogens is 2. The zero-order valence-electron chi connectivity index (χ0n) is 12.5. The highest BCUT2D eigenvalue weighted by Crippen LogP contribution is 2.20. The number of aromatic nitrogens is 2. The summed E-state index contributed by atoms with van der Waals surface area (Å²) in [7, 11) is 0. The van der Waals surface area contributed by atoms with Crippen molar-refractivity contribution in [3.8, 4) is 11.4 Å². The molecule has 0 fully saturated rings. The molecule has 3 rings (SSSR count). The summed E-state index contributed by atoms with van der Waals surface area (Å²) in [5, 5.41) is 6.69. The van der Waals surface area contributed by atoms with Gasteiger partial charge in [0.25, 0.3) is 0 Å². The van der Waals surface area contributed by atoms with Crippen LogP contribution in [0.3, 0.4) is 0 Å². The molecular weight excluding hydrogens is 333 g/mol. The van der Waals surface area contributed by atoms with E-state index in [-0.39, 0.29) is 24.4 Å². The van der Waals surface area contributed by atoms with Crippen LogP contribution in [0.2, 0.25) is 5.02 Å². The Kier molecular flexibility index (Phi) is 4.86. The fraction of sp³-hybridized carbons (Fsp3) is 0.118. The van der Waals surface area contributed by atoms with Crippen LogP contribution < -0.4 is 5.32 Å². The summed E-state index contributed by atoms with van der Waals surface area (Å²) in [6.45, 7) is 0. The van der Waals surface area contributed by atoms with Crippen LogP contribution in [0.15, 0.2) is 53.1 Å². The van der Waals surface area contributed by atoms with Crippen molar-refractivity contribution >= 4 is 23.2 Å². The predicted octanol–water partition coefficient (Wildman–Crippen LogP) is 4.10. The number of anilines is 1. The lowest BCUT2D eigenvalue weighted by molar-refractivity contribution is -0.116. The first-order valence-corrected chi connectivity index (χ1v) is 7.62. The van der Waals surface area contributed by atoms with Crippen LogP contribution in [0.5, 0.6) is 0 Å². The van der Waals surface area contributed by atoms with E-state index < -0.39 is 5.82 Å². The van der Waals surface area contributed by atoms with E-state index in [9.17, 15) is 9.18 Å². The van der Waals surface area contributed by atoms with Crippen LogP contribution in [-0.4, -0.2) is 16.0 Å². The summed E-state index contributed by atoms with van der Waals surface area (Å²) >= 11 is 5.78. The molecule has 24 heavy (non-hydrogen) atoms. The quantitative estimate of drug-likeness (QED) is 0.756. The first-order chi connectivity index (χ1) is 11.6. The molecule has 0 spiro atoms. The van der Waals surface area contributed by atoms with E-state index in [1.165, 1.54) is 18.2 Å². The number of nitrogens with zero attached hydrogens (tertiary/aromatic N) is 2. The lowest BCUT2D eigenvalue weighted by Crippen LogP contribution is -2.13. The fourth-order valence-electron chi connectivity index (χ4n) is 2.09. The molecular formula is C17H13ClFN3O2. The molecule has 122 valence electrons. The molecule has 0 bridgehead atoms. The number of hydrogen-bond donors (Lipinski definition) is 1. The zero-order valence-corrected chi connectivity index (χ0v) is 13.3. The second-order valence-electron chi connectivity index (χ2n) is 5.05. The van der Waals surface area contributed by atoms with Gasteiger partial charge in [0.05, 0.1) is 5.69 Å². The molecule has 3 aromatic rings. The number of rotatable bonds is 5. The van der Waals surface area contributed by atoms with E-state index in [1.807, 2.05) is 30.3 Å². The molecule has 5 nitrogen and oxygen atoms in total. The Bertz CT molecular complexity index is 852. The van der Waals surface area contributed by atoms with Gasteiger partial charge in [-0.2, -0.15) is 4.98 Å². The topological polar surface area (TPSA) is 68.0 Å². The maximum atomic E-state index is 13.6. The minimum absolute atomic E-state index is 0.0444. The zero-order chi connectivity index (χ0) is 16.9. The van der Waals surface area contributed by atoms with Gasteiger partial charge in [-0.25, -0.2) is 4.39 Å². The number of amides is 1. The Balaban J connectivity index is 1.59. The van der Waals surface area contributed by atoms with Crippen molar-refractivity contribution in [3.05, 3.63) is 65.3 Å². The Morgan fingerprint density at radius 2 is 2.00 bits per heavy atom. The monoisotopic (exact) mass is 345 g/mol. The average Bonchev–Trinajstić information content (AvgIpc) is 3.06. The number of carbonyl (C=O) groups is 1. The normalized spacial score (nSPS) is 10.6. The Morgan fingerprint density at radius 1 is 1.21 bits per heavy atom. The van der Waals surface area contributed by atoms with E-state index in [4.69, 9.17) is 16.1 Å². The maximum Gasteiger partial charge on any atom is 0.227 e. The van der Waals surface area contributed by atoms with Crippen molar-refractivity contribution in [2.45, 2.75) is 12.8 Å². The third-order valence-electron chi connectivity index (χ3n) is 3.27. The first kappa shape index (κ1) is 16.1. The third-order valence-corrected chi connectivity index (χ3v) is 3.50. The minimum atomic E-state index is -0.545. The Hall–Kier alpha value is -2.73. The molecule has 2 aromatic carbocycles. The lowest BCUT2D eigenvalue weighted by atomic mass is 10.2. The highest BCUT2D eigenvalue weighted by Gasteiger charge is 2.12. The molecule has 7 heteroatoms. The lowest BCUT2D eigenvalue weighted by Gasteiger charge is -2.05. The van der Waals surface area contributed by atoms with Gasteiger partial charge in [0.1, 0.15) is 5.82 Å². The highest BCUT2D eigenvalue weighted by atomic mass is 35.5. The first-order valence-electron chi connectivity index (χ1n) is 7.25. The van der Waals surface area contributed by atoms with Crippen LogP contribution in [0.1, 0.15) is 12.3 Å². The third kappa shape index (κ3) is 3.97. The van der Waals surface area contributed by atoms with Crippen LogP contribution >= 0.6 is 11.6 Å². The number of benzene rings is 2. The van der Waals surface area contributed by atoms with Crippen LogP contribution in [0, 0.1) is 5.82 Å². The smallest absolute Gasteiger partial charge is 0.227 e. The van der Waals surface area contributed by atoms with Crippen molar-refractivity contribution < 1.29 is 13.7 Å². The van der Waals surface area contributed by atoms with Crippen LogP contribution in [0.4, 0.5) is 10.1 Å². The second-order valence-corrected chi connectivity index (χ2v) is 5.49. The SMILES string of the molecule is O=C(CCc1nc(-c2ccccc2)no1)Nc1cc(Cl)ccc1F. The van der Waals surface area contributed by atoms with Gasteiger partial charge < -0.3 is 9.84 Å². The summed E-state index contributed by atoms with van der Waals surface area (Å²) in [5.74, 6) is -0.102. The predicted molar refractivity (Wildman–Crippen MR) is 88.1 cm³/mol. The Morgan fingerprint density at radius 3 is 2.79 bits per heavy atom. The summed E-state index contributed by atoms with van der Waals surface area (Å²) < 4.78 is 18.7. The van der Waals surface area contributed by atoms with Crippen molar-refractivity contribution in [1.29, 1.82) is 0 Å². The molecule has 0 aliphatic heterocycles. The van der Waals surface area contributed by atoms with E-state index in [2.05, 4.69) is 15.5 Å². The molecule has 0 saturated carbocycles. The standard InChI is InChI=1S/C17H13ClFN3O2/c18-12-6-7-13(19)14(10-12)20-15(23)8-9-16-21-17(22-24-16)11-4-2-1-3-5-11/h1-7,10H,8-9H2,(H,20,23). The molecule has 1 N–H and O–H groups in total. The summed E-state index contributed by atoms with van der Waals surface area (Å²) in [6, 6.07) is 13.3. The number of nitrogens with one attached hydrogen (secondary N) is 1. The van der Waals surface area contributed by atoms with Gasteiger partial charge in [-0.3, -0.25) is 4.79 Å². The van der Waals surface area contributed by atoms with Gasteiger partial charge in [-0.15, -0.1) is 0 Å². The van der Waals surface area contributed by atoms with Gasteiger partial charge in [0.15, 0.2) is 0 Å². The molecule has 1 amide bonds. The van der Waals surface area contributed by atoms with E-state index in [0.717, 1.165) is 5.56 Å². The highest BCUT2D eigenvalue weighted by molar-refractivity contribution is 6.30. The summed E-state index contributed by atoms with van der Waals surface area (Å²) in [4.78, 5) is 16.2. The molecule has 0 radical (unpaired) electrons. The fourth-order valence-corrected chi connectivity index (χ4v) is 2.26. The van der Waals surface area contributed by atoms with Crippen molar-refractivity contribution in [2.75, 3.05) is 5.32 Å². The van der Waals surface area contributed by atoms with Gasteiger partial charge >= 0.3 is 0 Å². The van der Waals surface area contributed by atoms with E-state index in [1.54, 1.807) is 0 Å².